The molecule has 0 aromatic heterocycles. The first-order valence-electron chi connectivity index (χ1n) is 25.9. The average molecular weight is 887 g/mol. The summed E-state index contributed by atoms with van der Waals surface area (Å²) in [6.45, 7) is 6.33. The van der Waals surface area contributed by atoms with Gasteiger partial charge in [-0.05, 0) is 109 Å². The van der Waals surface area contributed by atoms with Gasteiger partial charge in [0.05, 0.1) is 0 Å². The van der Waals surface area contributed by atoms with Crippen LogP contribution in [0, 0.1) is 0 Å². The summed E-state index contributed by atoms with van der Waals surface area (Å²) in [6, 6.07) is 0. The Hall–Kier alpha value is -3.93. The van der Waals surface area contributed by atoms with Crippen LogP contribution in [-0.2, 0) is 28.6 Å². The van der Waals surface area contributed by atoms with Crippen LogP contribution in [0.25, 0.3) is 0 Å². The standard InChI is InChI=1S/C58H94O6/c1-4-7-10-13-16-19-22-25-27-29-30-32-33-36-39-42-45-48-51-57(60)63-54-55(53-62-56(59)50-47-44-41-38-35-24-21-18-15-12-9-6-3)64-58(61)52-49-46-43-40-37-34-31-28-26-23-20-17-14-11-8-5-2/h8-9,11-12,17-18,20-22,25-30,32,34,37,55H,4-7,10,13-16,19,23-24,31,33,35-36,38-54H2,1-3H3/b11-8-,12-9-,20-17-,21-18-,25-22-,28-26-,29-27-,32-30-,37-34-. The molecule has 0 radical (unpaired) electrons. The molecule has 6 heteroatoms. The predicted octanol–water partition coefficient (Wildman–Crippen LogP) is 17.1. The van der Waals surface area contributed by atoms with E-state index in [1.54, 1.807) is 0 Å². The summed E-state index contributed by atoms with van der Waals surface area (Å²) in [5.41, 5.74) is 0. The van der Waals surface area contributed by atoms with Gasteiger partial charge in [0.25, 0.3) is 0 Å². The number of hydrogen-bond acceptors (Lipinski definition) is 6. The van der Waals surface area contributed by atoms with Crippen LogP contribution in [0.5, 0.6) is 0 Å². The molecule has 0 aliphatic rings. The topological polar surface area (TPSA) is 78.9 Å². The van der Waals surface area contributed by atoms with Crippen molar-refractivity contribution in [2.45, 2.75) is 226 Å². The highest BCUT2D eigenvalue weighted by molar-refractivity contribution is 5.71. The van der Waals surface area contributed by atoms with Crippen molar-refractivity contribution in [2.75, 3.05) is 13.2 Å². The highest BCUT2D eigenvalue weighted by atomic mass is 16.6. The third-order valence-electron chi connectivity index (χ3n) is 10.6. The zero-order valence-corrected chi connectivity index (χ0v) is 41.3. The van der Waals surface area contributed by atoms with E-state index in [4.69, 9.17) is 14.2 Å². The molecule has 0 heterocycles. The van der Waals surface area contributed by atoms with E-state index >= 15 is 0 Å². The number of carbonyl (C=O) groups is 3. The molecule has 1 atom stereocenters. The van der Waals surface area contributed by atoms with Crippen LogP contribution in [0.3, 0.4) is 0 Å². The maximum atomic E-state index is 12.8. The van der Waals surface area contributed by atoms with E-state index in [1.807, 2.05) is 0 Å². The molecule has 0 rings (SSSR count). The van der Waals surface area contributed by atoms with Gasteiger partial charge in [-0.3, -0.25) is 14.4 Å². The molecule has 0 aliphatic carbocycles. The predicted molar refractivity (Wildman–Crippen MR) is 274 cm³/mol. The van der Waals surface area contributed by atoms with Crippen LogP contribution in [0.15, 0.2) is 109 Å². The minimum Gasteiger partial charge on any atom is -0.462 e. The average Bonchev–Trinajstić information content (AvgIpc) is 3.29. The summed E-state index contributed by atoms with van der Waals surface area (Å²) in [6.07, 6.45) is 69.3. The van der Waals surface area contributed by atoms with Gasteiger partial charge in [-0.2, -0.15) is 0 Å². The molecule has 1 unspecified atom stereocenters. The highest BCUT2D eigenvalue weighted by Crippen LogP contribution is 2.13. The van der Waals surface area contributed by atoms with E-state index in [9.17, 15) is 14.4 Å². The van der Waals surface area contributed by atoms with E-state index in [0.717, 1.165) is 148 Å². The first-order chi connectivity index (χ1) is 31.5. The molecule has 0 spiro atoms. The van der Waals surface area contributed by atoms with Crippen molar-refractivity contribution >= 4 is 17.9 Å². The van der Waals surface area contributed by atoms with Gasteiger partial charge in [-0.1, -0.05) is 201 Å². The molecule has 0 amide bonds. The lowest BCUT2D eigenvalue weighted by atomic mass is 10.1. The van der Waals surface area contributed by atoms with E-state index in [-0.39, 0.29) is 37.5 Å². The van der Waals surface area contributed by atoms with Crippen LogP contribution in [0.4, 0.5) is 0 Å². The molecule has 0 bridgehead atoms. The molecule has 0 saturated carbocycles. The van der Waals surface area contributed by atoms with Crippen molar-refractivity contribution < 1.29 is 28.6 Å². The van der Waals surface area contributed by atoms with Crippen LogP contribution >= 0.6 is 0 Å². The Labute approximate surface area is 393 Å². The summed E-state index contributed by atoms with van der Waals surface area (Å²) in [5, 5.41) is 0. The Morgan fingerprint density at radius 3 is 1.09 bits per heavy atom. The number of hydrogen-bond donors (Lipinski definition) is 0. The number of carbonyl (C=O) groups excluding carboxylic acids is 3. The van der Waals surface area contributed by atoms with E-state index in [0.29, 0.717) is 12.8 Å². The lowest BCUT2D eigenvalue weighted by Crippen LogP contribution is -2.30. The molecule has 6 nitrogen and oxygen atoms in total. The van der Waals surface area contributed by atoms with Gasteiger partial charge in [0.2, 0.25) is 0 Å². The van der Waals surface area contributed by atoms with Crippen molar-refractivity contribution in [3.63, 3.8) is 0 Å². The van der Waals surface area contributed by atoms with Crippen molar-refractivity contribution in [1.82, 2.24) is 0 Å². The summed E-state index contributed by atoms with van der Waals surface area (Å²) >= 11 is 0. The fourth-order valence-electron chi connectivity index (χ4n) is 6.71. The number of allylic oxidation sites excluding steroid dienone is 18. The second kappa shape index (κ2) is 51.7. The second-order valence-electron chi connectivity index (χ2n) is 16.7. The van der Waals surface area contributed by atoms with Gasteiger partial charge in [-0.15, -0.1) is 0 Å². The molecule has 0 saturated heterocycles. The monoisotopic (exact) mass is 887 g/mol. The van der Waals surface area contributed by atoms with E-state index < -0.39 is 6.10 Å². The number of ether oxygens (including phenoxy) is 3. The molecule has 0 fully saturated rings. The third kappa shape index (κ3) is 49.1. The normalized spacial score (nSPS) is 13.0. The van der Waals surface area contributed by atoms with Crippen LogP contribution in [0.1, 0.15) is 220 Å². The molecule has 0 aliphatic heterocycles. The highest BCUT2D eigenvalue weighted by Gasteiger charge is 2.19. The zero-order valence-electron chi connectivity index (χ0n) is 41.3. The maximum Gasteiger partial charge on any atom is 0.306 e. The molecular weight excluding hydrogens is 793 g/mol. The number of esters is 3. The Morgan fingerprint density at radius 1 is 0.344 bits per heavy atom. The molecule has 0 aromatic carbocycles. The van der Waals surface area contributed by atoms with Gasteiger partial charge in [-0.25, -0.2) is 0 Å². The Morgan fingerprint density at radius 2 is 0.672 bits per heavy atom. The van der Waals surface area contributed by atoms with Crippen molar-refractivity contribution in [3.8, 4) is 0 Å². The maximum absolute atomic E-state index is 12.8. The van der Waals surface area contributed by atoms with E-state index in [2.05, 4.69) is 130 Å². The lowest BCUT2D eigenvalue weighted by Gasteiger charge is -2.18. The summed E-state index contributed by atoms with van der Waals surface area (Å²) in [4.78, 5) is 38.0. The van der Waals surface area contributed by atoms with Gasteiger partial charge in [0.15, 0.2) is 6.10 Å². The first kappa shape index (κ1) is 60.1. The zero-order chi connectivity index (χ0) is 46.5. The summed E-state index contributed by atoms with van der Waals surface area (Å²) < 4.78 is 16.7. The minimum absolute atomic E-state index is 0.108. The van der Waals surface area contributed by atoms with Crippen molar-refractivity contribution in [1.29, 1.82) is 0 Å². The molecule has 0 N–H and O–H groups in total. The molecular formula is C58H94O6. The molecule has 362 valence electrons. The van der Waals surface area contributed by atoms with Crippen LogP contribution in [-0.4, -0.2) is 37.2 Å². The minimum atomic E-state index is -0.811. The van der Waals surface area contributed by atoms with Gasteiger partial charge in [0.1, 0.15) is 13.2 Å². The Balaban J connectivity index is 4.50. The van der Waals surface area contributed by atoms with Gasteiger partial charge < -0.3 is 14.2 Å². The fraction of sp³-hybridized carbons (Fsp3) is 0.638. The SMILES string of the molecule is CC/C=C\C/C=C\C/C=C\C/C=C\CCCCCC(=O)OC(COC(=O)CCCCCCC\C=C/C=C\C=C/CCCCCCC)COC(=O)CCCCCCC/C=C\C/C=C\CC. The molecule has 0 aromatic rings. The van der Waals surface area contributed by atoms with Gasteiger partial charge >= 0.3 is 17.9 Å². The quantitative estimate of drug-likeness (QED) is 0.0199. The number of rotatable bonds is 45. The largest absolute Gasteiger partial charge is 0.462 e. The lowest BCUT2D eigenvalue weighted by molar-refractivity contribution is -0.167. The Kier molecular flexibility index (Phi) is 48.5. The van der Waals surface area contributed by atoms with E-state index in [1.165, 1.54) is 32.1 Å². The summed E-state index contributed by atoms with van der Waals surface area (Å²) in [7, 11) is 0. The van der Waals surface area contributed by atoms with Crippen molar-refractivity contribution in [2.24, 2.45) is 0 Å². The van der Waals surface area contributed by atoms with Crippen LogP contribution in [0.2, 0.25) is 0 Å². The molecule has 64 heavy (non-hydrogen) atoms. The Bertz CT molecular complexity index is 1340. The van der Waals surface area contributed by atoms with Gasteiger partial charge in [0, 0.05) is 19.3 Å². The fourth-order valence-corrected chi connectivity index (χ4v) is 6.71. The smallest absolute Gasteiger partial charge is 0.306 e. The first-order valence-corrected chi connectivity index (χ1v) is 25.9. The van der Waals surface area contributed by atoms with Crippen molar-refractivity contribution in [3.05, 3.63) is 109 Å². The number of unbranched alkanes of at least 4 members (excludes halogenated alkanes) is 18. The second-order valence-corrected chi connectivity index (χ2v) is 16.7. The third-order valence-corrected chi connectivity index (χ3v) is 10.6. The summed E-state index contributed by atoms with van der Waals surface area (Å²) in [5.74, 6) is -0.979. The van der Waals surface area contributed by atoms with Crippen LogP contribution < -0.4 is 0 Å².